The van der Waals surface area contributed by atoms with E-state index >= 15 is 0 Å². The molecule has 0 bridgehead atoms. The van der Waals surface area contributed by atoms with Crippen LogP contribution in [0.15, 0.2) is 145 Å². The van der Waals surface area contributed by atoms with Gasteiger partial charge in [0.1, 0.15) is 0 Å². The molecule has 0 saturated carbocycles. The zero-order chi connectivity index (χ0) is 30.0. The van der Waals surface area contributed by atoms with Crippen molar-refractivity contribution in [2.75, 3.05) is 4.31 Å². The summed E-state index contributed by atoms with van der Waals surface area (Å²) in [5.41, 5.74) is 10.6. The van der Waals surface area contributed by atoms with E-state index in [1.165, 1.54) is 21.0 Å². The van der Waals surface area contributed by atoms with E-state index in [2.05, 4.69) is 84.6 Å². The topological polar surface area (TPSA) is 40.6 Å². The highest BCUT2D eigenvalue weighted by atomic mass is 32.2. The highest BCUT2D eigenvalue weighted by molar-refractivity contribution is 7.93. The van der Waals surface area contributed by atoms with Crippen molar-refractivity contribution in [3.05, 3.63) is 179 Å². The first kappa shape index (κ1) is 26.7. The van der Waals surface area contributed by atoms with Crippen molar-refractivity contribution in [3.8, 4) is 0 Å². The molecule has 2 heterocycles. The molecule has 0 N–H and O–H groups in total. The summed E-state index contributed by atoms with van der Waals surface area (Å²) in [7, 11) is -3.95. The van der Waals surface area contributed by atoms with Crippen LogP contribution in [0.5, 0.6) is 0 Å². The number of aryl methyl sites for hydroxylation is 2. The number of sulfonamides is 1. The van der Waals surface area contributed by atoms with Crippen LogP contribution in [-0.2, 0) is 10.0 Å². The molecule has 1 aliphatic carbocycles. The van der Waals surface area contributed by atoms with Gasteiger partial charge in [-0.1, -0.05) is 126 Å². The normalized spacial score (nSPS) is 20.2. The predicted molar refractivity (Wildman–Crippen MR) is 177 cm³/mol. The largest absolute Gasteiger partial charge is 0.331 e. The van der Waals surface area contributed by atoms with Gasteiger partial charge in [0.25, 0.3) is 10.0 Å². The van der Waals surface area contributed by atoms with Gasteiger partial charge in [0, 0.05) is 29.3 Å². The number of benzene rings is 5. The van der Waals surface area contributed by atoms with E-state index in [-0.39, 0.29) is 22.8 Å². The van der Waals surface area contributed by atoms with Gasteiger partial charge in [-0.15, -0.1) is 0 Å². The standard InChI is InChI=1S/C39H32N2O2S/c1-26-16-20-29(21-17-26)36-24-34-31-12-6-7-13-32(31)38(34)39-33-14-8-9-15-35(33)40(44(42,43)30-22-18-27(2)19-23-30)25-37(41(36)39)28-10-4-3-5-11-28/h3-25,34,38-39H,1-2H3. The molecule has 0 aromatic heterocycles. The molecule has 216 valence electrons. The number of rotatable bonds is 4. The zero-order valence-corrected chi connectivity index (χ0v) is 25.4. The molecule has 0 amide bonds. The Hall–Kier alpha value is -4.87. The molecule has 8 rings (SSSR count). The lowest BCUT2D eigenvalue weighted by Gasteiger charge is -2.52. The van der Waals surface area contributed by atoms with Gasteiger partial charge in [-0.2, -0.15) is 0 Å². The lowest BCUT2D eigenvalue weighted by atomic mass is 9.61. The number of fused-ring (bicyclic) bond motifs is 8. The van der Waals surface area contributed by atoms with E-state index < -0.39 is 10.0 Å². The summed E-state index contributed by atoms with van der Waals surface area (Å²) >= 11 is 0. The molecule has 3 aliphatic rings. The van der Waals surface area contributed by atoms with Crippen LogP contribution in [0.1, 0.15) is 56.8 Å². The highest BCUT2D eigenvalue weighted by Gasteiger charge is 2.51. The van der Waals surface area contributed by atoms with Crippen molar-refractivity contribution >= 4 is 27.1 Å². The fourth-order valence-electron chi connectivity index (χ4n) is 7.13. The van der Waals surface area contributed by atoms with Crippen molar-refractivity contribution in [2.45, 2.75) is 36.6 Å². The molecular formula is C39H32N2O2S. The maximum Gasteiger partial charge on any atom is 0.268 e. The second kappa shape index (κ2) is 10.1. The Labute approximate surface area is 259 Å². The van der Waals surface area contributed by atoms with Crippen LogP contribution in [0.4, 0.5) is 5.69 Å². The van der Waals surface area contributed by atoms with Gasteiger partial charge in [0.2, 0.25) is 0 Å². The second-order valence-corrected chi connectivity index (χ2v) is 13.8. The molecule has 3 atom stereocenters. The molecule has 3 unspecified atom stereocenters. The van der Waals surface area contributed by atoms with Crippen LogP contribution in [0.3, 0.4) is 0 Å². The third-order valence-electron chi connectivity index (χ3n) is 9.30. The average Bonchev–Trinajstić information content (AvgIpc) is 3.19. The number of para-hydroxylation sites is 1. The number of hydrogen-bond acceptors (Lipinski definition) is 3. The minimum Gasteiger partial charge on any atom is -0.331 e. The van der Waals surface area contributed by atoms with Gasteiger partial charge in [0.15, 0.2) is 0 Å². The summed E-state index contributed by atoms with van der Waals surface area (Å²) < 4.78 is 30.7. The predicted octanol–water partition coefficient (Wildman–Crippen LogP) is 8.79. The fraction of sp³-hybridized carbons (Fsp3) is 0.128. The maximum atomic E-state index is 14.6. The first-order valence-corrected chi connectivity index (χ1v) is 16.5. The molecule has 5 aromatic carbocycles. The lowest BCUT2D eigenvalue weighted by molar-refractivity contribution is 0.286. The Morgan fingerprint density at radius 2 is 1.14 bits per heavy atom. The van der Waals surface area contributed by atoms with Gasteiger partial charge >= 0.3 is 0 Å². The molecule has 0 saturated heterocycles. The number of hydrogen-bond donors (Lipinski definition) is 0. The molecule has 0 fully saturated rings. The third kappa shape index (κ3) is 4.07. The number of nitrogens with zero attached hydrogens (tertiary/aromatic N) is 2. The highest BCUT2D eigenvalue weighted by Crippen LogP contribution is 2.63. The molecule has 5 aromatic rings. The Balaban J connectivity index is 1.44. The molecule has 4 nitrogen and oxygen atoms in total. The Morgan fingerprint density at radius 1 is 0.568 bits per heavy atom. The van der Waals surface area contributed by atoms with Gasteiger partial charge in [-0.3, -0.25) is 0 Å². The first-order valence-electron chi connectivity index (χ1n) is 15.1. The minimum atomic E-state index is -3.95. The molecule has 0 spiro atoms. The van der Waals surface area contributed by atoms with Crippen molar-refractivity contribution in [1.82, 2.24) is 4.90 Å². The molecule has 5 heteroatoms. The van der Waals surface area contributed by atoms with E-state index in [0.717, 1.165) is 33.6 Å². The molecular weight excluding hydrogens is 561 g/mol. The van der Waals surface area contributed by atoms with Crippen LogP contribution in [0.25, 0.3) is 11.4 Å². The van der Waals surface area contributed by atoms with Crippen LogP contribution in [0, 0.1) is 13.8 Å². The summed E-state index contributed by atoms with van der Waals surface area (Å²) in [6.07, 6.45) is 4.24. The third-order valence-corrected chi connectivity index (χ3v) is 11.0. The maximum absolute atomic E-state index is 14.6. The summed E-state index contributed by atoms with van der Waals surface area (Å²) in [5.74, 6) is 0.379. The Kier molecular flexibility index (Phi) is 6.14. The summed E-state index contributed by atoms with van der Waals surface area (Å²) in [6.45, 7) is 4.07. The lowest BCUT2D eigenvalue weighted by Crippen LogP contribution is -2.41. The number of anilines is 1. The van der Waals surface area contributed by atoms with Crippen LogP contribution >= 0.6 is 0 Å². The van der Waals surface area contributed by atoms with Gasteiger partial charge in [-0.05, 0) is 54.3 Å². The monoisotopic (exact) mass is 592 g/mol. The molecule has 0 radical (unpaired) electrons. The molecule has 44 heavy (non-hydrogen) atoms. The Morgan fingerprint density at radius 3 is 1.84 bits per heavy atom. The van der Waals surface area contributed by atoms with Crippen LogP contribution < -0.4 is 4.31 Å². The zero-order valence-electron chi connectivity index (χ0n) is 24.6. The van der Waals surface area contributed by atoms with Crippen molar-refractivity contribution in [2.24, 2.45) is 0 Å². The quantitative estimate of drug-likeness (QED) is 0.209. The van der Waals surface area contributed by atoms with Gasteiger partial charge in [-0.25, -0.2) is 12.7 Å². The van der Waals surface area contributed by atoms with Gasteiger partial charge in [0.05, 0.1) is 22.3 Å². The SMILES string of the molecule is Cc1ccc(C2=CC3c4ccccc4C3C3c4ccccc4N(S(=O)(=O)c4ccc(C)cc4)C=C(c4ccccc4)N23)cc1. The van der Waals surface area contributed by atoms with E-state index in [4.69, 9.17) is 0 Å². The summed E-state index contributed by atoms with van der Waals surface area (Å²) in [4.78, 5) is 2.67. The van der Waals surface area contributed by atoms with E-state index in [1.54, 1.807) is 12.1 Å². The second-order valence-electron chi connectivity index (χ2n) is 12.0. The van der Waals surface area contributed by atoms with Crippen molar-refractivity contribution in [3.63, 3.8) is 0 Å². The summed E-state index contributed by atoms with van der Waals surface area (Å²) in [6, 6.07) is 42.6. The average molecular weight is 593 g/mol. The van der Waals surface area contributed by atoms with E-state index in [9.17, 15) is 8.42 Å². The van der Waals surface area contributed by atoms with Gasteiger partial charge < -0.3 is 4.90 Å². The smallest absolute Gasteiger partial charge is 0.268 e. The van der Waals surface area contributed by atoms with Crippen LogP contribution in [-0.4, -0.2) is 13.3 Å². The fourth-order valence-corrected chi connectivity index (χ4v) is 8.50. The van der Waals surface area contributed by atoms with E-state index in [0.29, 0.717) is 5.69 Å². The van der Waals surface area contributed by atoms with Crippen molar-refractivity contribution in [1.29, 1.82) is 0 Å². The van der Waals surface area contributed by atoms with E-state index in [1.807, 2.05) is 61.7 Å². The Bertz CT molecular complexity index is 2060. The first-order chi connectivity index (χ1) is 21.4. The van der Waals surface area contributed by atoms with Crippen molar-refractivity contribution < 1.29 is 8.42 Å². The number of allylic oxidation sites excluding steroid dienone is 1. The summed E-state index contributed by atoms with van der Waals surface area (Å²) in [5, 5.41) is 0. The molecule has 2 aliphatic heterocycles. The minimum absolute atomic E-state index is 0.128. The van der Waals surface area contributed by atoms with Crippen LogP contribution in [0.2, 0.25) is 0 Å².